The molecule has 1 rings (SSSR count). The number of benzene rings is 1. The first-order valence-electron chi connectivity index (χ1n) is 5.83. The number of rotatable bonds is 7. The van der Waals surface area contributed by atoms with E-state index in [-0.39, 0.29) is 11.8 Å². The molecule has 0 bridgehead atoms. The van der Waals surface area contributed by atoms with E-state index < -0.39 is 0 Å². The van der Waals surface area contributed by atoms with E-state index in [2.05, 4.69) is 10.6 Å². The number of carbonyl (C=O) groups is 2. The van der Waals surface area contributed by atoms with Crippen molar-refractivity contribution < 1.29 is 14.3 Å². The van der Waals surface area contributed by atoms with E-state index in [1.165, 1.54) is 0 Å². The van der Waals surface area contributed by atoms with Crippen molar-refractivity contribution in [3.8, 4) is 0 Å². The van der Waals surface area contributed by atoms with Crippen molar-refractivity contribution in [2.75, 3.05) is 26.8 Å². The summed E-state index contributed by atoms with van der Waals surface area (Å²) in [5, 5.41) is 5.42. The van der Waals surface area contributed by atoms with Crippen molar-refractivity contribution in [1.82, 2.24) is 10.6 Å². The predicted molar refractivity (Wildman–Crippen MR) is 68.3 cm³/mol. The minimum absolute atomic E-state index is 0.0780. The molecule has 2 amide bonds. The summed E-state index contributed by atoms with van der Waals surface area (Å²) in [6, 6.07) is 8.95. The lowest BCUT2D eigenvalue weighted by Crippen LogP contribution is -2.34. The first-order valence-corrected chi connectivity index (χ1v) is 5.83. The Hall–Kier alpha value is -1.88. The Balaban J connectivity index is 2.15. The topological polar surface area (TPSA) is 67.4 Å². The van der Waals surface area contributed by atoms with Gasteiger partial charge in [-0.3, -0.25) is 9.59 Å². The number of nitrogens with one attached hydrogen (secondary N) is 2. The molecule has 0 unspecified atom stereocenters. The molecular weight excluding hydrogens is 232 g/mol. The van der Waals surface area contributed by atoms with Gasteiger partial charge >= 0.3 is 0 Å². The van der Waals surface area contributed by atoms with Crippen LogP contribution in [0.25, 0.3) is 0 Å². The molecule has 0 atom stereocenters. The van der Waals surface area contributed by atoms with Gasteiger partial charge in [0.25, 0.3) is 5.91 Å². The highest BCUT2D eigenvalue weighted by Gasteiger charge is 2.03. The van der Waals surface area contributed by atoms with E-state index in [1.807, 2.05) is 6.07 Å². The number of amides is 2. The third-order valence-electron chi connectivity index (χ3n) is 2.30. The maximum absolute atomic E-state index is 11.6. The van der Waals surface area contributed by atoms with Gasteiger partial charge in [0.2, 0.25) is 5.91 Å². The molecule has 18 heavy (non-hydrogen) atoms. The van der Waals surface area contributed by atoms with Gasteiger partial charge < -0.3 is 15.4 Å². The first kappa shape index (κ1) is 14.2. The number of hydrogen-bond acceptors (Lipinski definition) is 3. The standard InChI is InChI=1S/C13H18N2O3/c1-18-10-7-12(16)14-8-9-15-13(17)11-5-3-2-4-6-11/h2-6H,7-10H2,1H3,(H,14,16)(H,15,17). The molecule has 0 saturated carbocycles. The monoisotopic (exact) mass is 250 g/mol. The normalized spacial score (nSPS) is 9.83. The summed E-state index contributed by atoms with van der Waals surface area (Å²) < 4.78 is 4.78. The van der Waals surface area contributed by atoms with Gasteiger partial charge in [0.15, 0.2) is 0 Å². The summed E-state index contributed by atoms with van der Waals surface area (Å²) in [5.41, 5.74) is 0.614. The summed E-state index contributed by atoms with van der Waals surface area (Å²) in [4.78, 5) is 22.8. The zero-order valence-electron chi connectivity index (χ0n) is 10.4. The smallest absolute Gasteiger partial charge is 0.251 e. The van der Waals surface area contributed by atoms with Gasteiger partial charge in [-0.15, -0.1) is 0 Å². The highest BCUT2D eigenvalue weighted by atomic mass is 16.5. The number of ether oxygens (including phenoxy) is 1. The Bertz CT molecular complexity index is 379. The Labute approximate surface area is 107 Å². The molecule has 5 heteroatoms. The average Bonchev–Trinajstić information content (AvgIpc) is 2.42. The summed E-state index contributed by atoms with van der Waals surface area (Å²) in [6.45, 7) is 1.23. The molecule has 1 aromatic rings. The van der Waals surface area contributed by atoms with E-state index in [1.54, 1.807) is 31.4 Å². The van der Waals surface area contributed by atoms with Gasteiger partial charge in [-0.2, -0.15) is 0 Å². The van der Waals surface area contributed by atoms with Gasteiger partial charge in [0.1, 0.15) is 0 Å². The van der Waals surface area contributed by atoms with Crippen LogP contribution in [0.4, 0.5) is 0 Å². The van der Waals surface area contributed by atoms with Crippen LogP contribution in [0.1, 0.15) is 16.8 Å². The van der Waals surface area contributed by atoms with Crippen LogP contribution in [-0.4, -0.2) is 38.6 Å². The Morgan fingerprint density at radius 1 is 1.11 bits per heavy atom. The molecular formula is C13H18N2O3. The lowest BCUT2D eigenvalue weighted by atomic mass is 10.2. The molecule has 0 radical (unpaired) electrons. The fourth-order valence-corrected chi connectivity index (χ4v) is 1.35. The van der Waals surface area contributed by atoms with Crippen molar-refractivity contribution >= 4 is 11.8 Å². The molecule has 2 N–H and O–H groups in total. The minimum atomic E-state index is -0.137. The molecule has 0 saturated heterocycles. The number of methoxy groups -OCH3 is 1. The van der Waals surface area contributed by atoms with Gasteiger partial charge in [-0.05, 0) is 12.1 Å². The SMILES string of the molecule is COCCC(=O)NCCNC(=O)c1ccccc1. The molecule has 0 spiro atoms. The molecule has 98 valence electrons. The molecule has 1 aromatic carbocycles. The molecule has 0 fully saturated rings. The summed E-state index contributed by atoms with van der Waals surface area (Å²) in [6.07, 6.45) is 0.336. The maximum Gasteiger partial charge on any atom is 0.251 e. The van der Waals surface area contributed by atoms with Crippen LogP contribution in [0.15, 0.2) is 30.3 Å². The second-order valence-electron chi connectivity index (χ2n) is 3.71. The summed E-state index contributed by atoms with van der Waals surface area (Å²) in [7, 11) is 1.55. The van der Waals surface area contributed by atoms with Crippen LogP contribution in [0.2, 0.25) is 0 Å². The third-order valence-corrected chi connectivity index (χ3v) is 2.30. The zero-order valence-corrected chi connectivity index (χ0v) is 10.4. The van der Waals surface area contributed by atoms with Gasteiger partial charge in [-0.25, -0.2) is 0 Å². The maximum atomic E-state index is 11.6. The van der Waals surface area contributed by atoms with Crippen LogP contribution in [0.5, 0.6) is 0 Å². The molecule has 0 aliphatic heterocycles. The summed E-state index contributed by atoms with van der Waals surface area (Å²) >= 11 is 0. The van der Waals surface area contributed by atoms with Crippen molar-refractivity contribution in [1.29, 1.82) is 0 Å². The van der Waals surface area contributed by atoms with Crippen molar-refractivity contribution in [3.05, 3.63) is 35.9 Å². The van der Waals surface area contributed by atoms with Gasteiger partial charge in [0, 0.05) is 32.2 Å². The fraction of sp³-hybridized carbons (Fsp3) is 0.385. The van der Waals surface area contributed by atoms with Crippen LogP contribution in [0, 0.1) is 0 Å². The molecule has 0 aliphatic carbocycles. The number of hydrogen-bond donors (Lipinski definition) is 2. The van der Waals surface area contributed by atoms with Crippen LogP contribution < -0.4 is 10.6 Å². The summed E-state index contributed by atoms with van der Waals surface area (Å²) in [5.74, 6) is -0.215. The lowest BCUT2D eigenvalue weighted by Gasteiger charge is -2.06. The van der Waals surface area contributed by atoms with Crippen LogP contribution >= 0.6 is 0 Å². The Morgan fingerprint density at radius 2 is 1.78 bits per heavy atom. The van der Waals surface area contributed by atoms with Crippen molar-refractivity contribution in [2.24, 2.45) is 0 Å². The second kappa shape index (κ2) is 8.25. The molecule has 0 aliphatic rings. The molecule has 0 aromatic heterocycles. The second-order valence-corrected chi connectivity index (χ2v) is 3.71. The Morgan fingerprint density at radius 3 is 2.44 bits per heavy atom. The largest absolute Gasteiger partial charge is 0.384 e. The fourth-order valence-electron chi connectivity index (χ4n) is 1.35. The number of carbonyl (C=O) groups excluding carboxylic acids is 2. The minimum Gasteiger partial charge on any atom is -0.384 e. The van der Waals surface area contributed by atoms with Crippen molar-refractivity contribution in [2.45, 2.75) is 6.42 Å². The average molecular weight is 250 g/mol. The zero-order chi connectivity index (χ0) is 13.2. The molecule has 5 nitrogen and oxygen atoms in total. The van der Waals surface area contributed by atoms with E-state index in [0.29, 0.717) is 31.7 Å². The van der Waals surface area contributed by atoms with Crippen LogP contribution in [0.3, 0.4) is 0 Å². The van der Waals surface area contributed by atoms with Gasteiger partial charge in [0.05, 0.1) is 6.61 Å². The van der Waals surface area contributed by atoms with E-state index >= 15 is 0 Å². The quantitative estimate of drug-likeness (QED) is 0.695. The highest BCUT2D eigenvalue weighted by molar-refractivity contribution is 5.94. The van der Waals surface area contributed by atoms with E-state index in [9.17, 15) is 9.59 Å². The van der Waals surface area contributed by atoms with E-state index in [0.717, 1.165) is 0 Å². The van der Waals surface area contributed by atoms with E-state index in [4.69, 9.17) is 4.74 Å². The predicted octanol–water partition coefficient (Wildman–Crippen LogP) is 0.569. The van der Waals surface area contributed by atoms with Crippen molar-refractivity contribution in [3.63, 3.8) is 0 Å². The lowest BCUT2D eigenvalue weighted by molar-refractivity contribution is -0.121. The first-order chi connectivity index (χ1) is 8.74. The highest BCUT2D eigenvalue weighted by Crippen LogP contribution is 1.96. The van der Waals surface area contributed by atoms with Crippen LogP contribution in [-0.2, 0) is 9.53 Å². The van der Waals surface area contributed by atoms with Gasteiger partial charge in [-0.1, -0.05) is 18.2 Å². The molecule has 0 heterocycles. The third kappa shape index (κ3) is 5.45. The Kier molecular flexibility index (Phi) is 6.50.